The molecule has 222 valence electrons. The average Bonchev–Trinajstić information content (AvgIpc) is 3.35. The second kappa shape index (κ2) is 11.1. The maximum absolute atomic E-state index is 15.1. The highest BCUT2D eigenvalue weighted by Gasteiger charge is 2.35. The zero-order valence-corrected chi connectivity index (χ0v) is 23.0. The normalized spacial score (nSPS) is 11.4. The van der Waals surface area contributed by atoms with Crippen LogP contribution >= 0.6 is 0 Å². The molecule has 4 heterocycles. The molecule has 1 amide bonds. The molecule has 0 aliphatic carbocycles. The third kappa shape index (κ3) is 5.56. The summed E-state index contributed by atoms with van der Waals surface area (Å²) in [7, 11) is 4.11. The molecule has 0 spiro atoms. The van der Waals surface area contributed by atoms with Crippen LogP contribution < -0.4 is 25.0 Å². The molecule has 0 fully saturated rings. The largest absolute Gasteiger partial charge is 0.491 e. The number of aromatic nitrogens is 5. The molecule has 0 saturated heterocycles. The lowest BCUT2D eigenvalue weighted by Gasteiger charge is -2.13. The van der Waals surface area contributed by atoms with Crippen molar-refractivity contribution in [1.82, 2.24) is 24.7 Å². The molecule has 5 rings (SSSR count). The molecule has 0 bridgehead atoms. The maximum atomic E-state index is 15.1. The van der Waals surface area contributed by atoms with Crippen LogP contribution in [0.3, 0.4) is 0 Å². The minimum Gasteiger partial charge on any atom is -0.491 e. The van der Waals surface area contributed by atoms with E-state index in [1.807, 2.05) is 0 Å². The Balaban J connectivity index is 1.41. The van der Waals surface area contributed by atoms with E-state index in [1.54, 1.807) is 6.07 Å². The van der Waals surface area contributed by atoms with Gasteiger partial charge in [0.25, 0.3) is 11.8 Å². The standard InChI is InChI=1S/C28H22F4N6O5/c1-13-23(18-11-22(28(30,31)32)37-38(18)2)25(39)15(12-34-13)26(40)35-14-5-6-19(16(29)9-14)43-20-7-8-33-17-10-21(41-3)27(42-4)36-24(17)20/h5-12H,1-4H3,(H,34,39)(H,35,40). The Morgan fingerprint density at radius 3 is 2.47 bits per heavy atom. The van der Waals surface area contributed by atoms with Gasteiger partial charge in [-0.05, 0) is 25.1 Å². The summed E-state index contributed by atoms with van der Waals surface area (Å²) in [5.74, 6) is -1.28. The van der Waals surface area contributed by atoms with E-state index >= 15 is 4.39 Å². The molecule has 5 aromatic rings. The van der Waals surface area contributed by atoms with Gasteiger partial charge in [0.15, 0.2) is 28.8 Å². The van der Waals surface area contributed by atoms with E-state index in [9.17, 15) is 22.8 Å². The van der Waals surface area contributed by atoms with Gasteiger partial charge >= 0.3 is 6.18 Å². The Bertz CT molecular complexity index is 1940. The van der Waals surface area contributed by atoms with E-state index in [-0.39, 0.29) is 45.5 Å². The number of nitrogens with one attached hydrogen (secondary N) is 2. The number of aryl methyl sites for hydroxylation is 2. The van der Waals surface area contributed by atoms with Crippen molar-refractivity contribution in [3.8, 4) is 34.4 Å². The van der Waals surface area contributed by atoms with Crippen LogP contribution in [0.2, 0.25) is 0 Å². The minimum atomic E-state index is -4.73. The van der Waals surface area contributed by atoms with Crippen LogP contribution in [-0.4, -0.2) is 44.9 Å². The number of alkyl halides is 3. The van der Waals surface area contributed by atoms with E-state index < -0.39 is 34.6 Å². The lowest BCUT2D eigenvalue weighted by molar-refractivity contribution is -0.141. The van der Waals surface area contributed by atoms with Crippen LogP contribution in [0.25, 0.3) is 22.3 Å². The van der Waals surface area contributed by atoms with Crippen molar-refractivity contribution in [3.05, 3.63) is 81.8 Å². The Kier molecular flexibility index (Phi) is 7.48. The number of carbonyl (C=O) groups is 1. The number of hydrogen-bond acceptors (Lipinski definition) is 8. The van der Waals surface area contributed by atoms with E-state index in [0.717, 1.165) is 23.0 Å². The van der Waals surface area contributed by atoms with E-state index in [1.165, 1.54) is 52.6 Å². The van der Waals surface area contributed by atoms with E-state index in [4.69, 9.17) is 14.2 Å². The molecular weight excluding hydrogens is 576 g/mol. The van der Waals surface area contributed by atoms with Crippen molar-refractivity contribution in [2.45, 2.75) is 13.1 Å². The van der Waals surface area contributed by atoms with Gasteiger partial charge in [0.2, 0.25) is 5.43 Å². The number of aromatic amines is 1. The number of anilines is 1. The Hall–Kier alpha value is -5.47. The summed E-state index contributed by atoms with van der Waals surface area (Å²) < 4.78 is 71.7. The molecule has 11 nitrogen and oxygen atoms in total. The number of fused-ring (bicyclic) bond motifs is 1. The quantitative estimate of drug-likeness (QED) is 0.243. The number of hydrogen-bond donors (Lipinski definition) is 2. The zero-order valence-electron chi connectivity index (χ0n) is 23.0. The third-order valence-corrected chi connectivity index (χ3v) is 6.38. The highest BCUT2D eigenvalue weighted by Crippen LogP contribution is 2.35. The number of carbonyl (C=O) groups excluding carboxylic acids is 1. The molecule has 0 saturated carbocycles. The van der Waals surface area contributed by atoms with Crippen molar-refractivity contribution >= 4 is 22.6 Å². The molecule has 4 aromatic heterocycles. The van der Waals surface area contributed by atoms with Crippen molar-refractivity contribution in [3.63, 3.8) is 0 Å². The van der Waals surface area contributed by atoms with Crippen LogP contribution in [0.1, 0.15) is 21.7 Å². The summed E-state index contributed by atoms with van der Waals surface area (Å²) in [6.07, 6.45) is -2.16. The number of amides is 1. The molecule has 0 atom stereocenters. The van der Waals surface area contributed by atoms with Crippen molar-refractivity contribution < 1.29 is 36.6 Å². The fraction of sp³-hybridized carbons (Fsp3) is 0.179. The van der Waals surface area contributed by atoms with Gasteiger partial charge < -0.3 is 24.5 Å². The topological polar surface area (TPSA) is 133 Å². The van der Waals surface area contributed by atoms with Gasteiger partial charge in [-0.2, -0.15) is 18.3 Å². The molecule has 43 heavy (non-hydrogen) atoms. The molecule has 1 aromatic carbocycles. The lowest BCUT2D eigenvalue weighted by atomic mass is 10.1. The summed E-state index contributed by atoms with van der Waals surface area (Å²) in [6.45, 7) is 1.47. The number of rotatable bonds is 7. The number of H-pyrrole nitrogens is 1. The number of benzene rings is 1. The van der Waals surface area contributed by atoms with E-state index in [0.29, 0.717) is 11.3 Å². The second-order valence-electron chi connectivity index (χ2n) is 9.15. The van der Waals surface area contributed by atoms with Crippen molar-refractivity contribution in [2.24, 2.45) is 7.05 Å². The minimum absolute atomic E-state index is 0.0135. The van der Waals surface area contributed by atoms with Crippen LogP contribution in [-0.2, 0) is 13.2 Å². The first-order valence-electron chi connectivity index (χ1n) is 12.4. The number of nitrogens with zero attached hydrogens (tertiary/aromatic N) is 4. The number of methoxy groups -OCH3 is 2. The van der Waals surface area contributed by atoms with Crippen LogP contribution in [0, 0.1) is 12.7 Å². The number of halogens is 4. The lowest BCUT2D eigenvalue weighted by Crippen LogP contribution is -2.24. The number of pyridine rings is 3. The SMILES string of the molecule is COc1cc2nccc(Oc3ccc(NC(=O)c4c[nH]c(C)c(-c5cc(C(F)(F)F)nn5C)c4=O)cc3F)c2nc1OC. The Morgan fingerprint density at radius 1 is 1.05 bits per heavy atom. The predicted octanol–water partition coefficient (Wildman–Crippen LogP) is 5.25. The summed E-state index contributed by atoms with van der Waals surface area (Å²) in [4.78, 5) is 37.5. The van der Waals surface area contributed by atoms with Gasteiger partial charge in [-0.25, -0.2) is 9.37 Å². The van der Waals surface area contributed by atoms with Gasteiger partial charge in [0.1, 0.15) is 11.1 Å². The fourth-order valence-corrected chi connectivity index (χ4v) is 4.31. The average molecular weight is 599 g/mol. The smallest absolute Gasteiger partial charge is 0.435 e. The Labute approximate surface area is 240 Å². The first-order valence-corrected chi connectivity index (χ1v) is 12.4. The molecule has 0 unspecified atom stereocenters. The first-order chi connectivity index (χ1) is 20.4. The molecular formula is C28H22F4N6O5. The van der Waals surface area contributed by atoms with Gasteiger partial charge in [-0.15, -0.1) is 0 Å². The zero-order chi connectivity index (χ0) is 31.1. The summed E-state index contributed by atoms with van der Waals surface area (Å²) >= 11 is 0. The van der Waals surface area contributed by atoms with Gasteiger partial charge in [0.05, 0.1) is 31.0 Å². The molecule has 2 N–H and O–H groups in total. The fourth-order valence-electron chi connectivity index (χ4n) is 4.31. The first kappa shape index (κ1) is 29.0. The van der Waals surface area contributed by atoms with Gasteiger partial charge in [0, 0.05) is 49.0 Å². The predicted molar refractivity (Wildman–Crippen MR) is 146 cm³/mol. The third-order valence-electron chi connectivity index (χ3n) is 6.38. The van der Waals surface area contributed by atoms with Crippen LogP contribution in [0.15, 0.2) is 53.6 Å². The van der Waals surface area contributed by atoms with Crippen LogP contribution in [0.5, 0.6) is 23.1 Å². The highest BCUT2D eigenvalue weighted by molar-refractivity contribution is 6.04. The Morgan fingerprint density at radius 2 is 1.81 bits per heavy atom. The van der Waals surface area contributed by atoms with Gasteiger partial charge in [-0.1, -0.05) is 0 Å². The van der Waals surface area contributed by atoms with E-state index in [2.05, 4.69) is 25.4 Å². The summed E-state index contributed by atoms with van der Waals surface area (Å²) in [5.41, 5.74) is -1.84. The van der Waals surface area contributed by atoms with Gasteiger partial charge in [-0.3, -0.25) is 19.3 Å². The van der Waals surface area contributed by atoms with Crippen molar-refractivity contribution in [2.75, 3.05) is 19.5 Å². The molecule has 15 heteroatoms. The number of ether oxygens (including phenoxy) is 3. The molecule has 0 aliphatic heterocycles. The highest BCUT2D eigenvalue weighted by atomic mass is 19.4. The summed E-state index contributed by atoms with van der Waals surface area (Å²) in [6, 6.07) is 7.38. The van der Waals surface area contributed by atoms with Crippen molar-refractivity contribution in [1.29, 1.82) is 0 Å². The molecule has 0 aliphatic rings. The monoisotopic (exact) mass is 598 g/mol. The second-order valence-corrected chi connectivity index (χ2v) is 9.15. The summed E-state index contributed by atoms with van der Waals surface area (Å²) in [5, 5.41) is 5.85. The maximum Gasteiger partial charge on any atom is 0.435 e. The van der Waals surface area contributed by atoms with Crippen LogP contribution in [0.4, 0.5) is 23.2 Å². The molecule has 0 radical (unpaired) electrons.